The van der Waals surface area contributed by atoms with Gasteiger partial charge in [-0.15, -0.1) is 0 Å². The maximum atomic E-state index is 8.22. The van der Waals surface area contributed by atoms with E-state index in [0.717, 1.165) is 42.0 Å². The van der Waals surface area contributed by atoms with Crippen molar-refractivity contribution in [2.24, 2.45) is 16.1 Å². The highest BCUT2D eigenvalue weighted by molar-refractivity contribution is 8.03. The van der Waals surface area contributed by atoms with E-state index in [1.54, 1.807) is 11.8 Å². The van der Waals surface area contributed by atoms with Crippen LogP contribution in [0.25, 0.3) is 0 Å². The third-order valence-electron chi connectivity index (χ3n) is 4.47. The molecule has 1 spiro atoms. The van der Waals surface area contributed by atoms with Crippen LogP contribution in [0.15, 0.2) is 44.8 Å². The molecular formula is C15H16N4S. The molecule has 1 saturated carbocycles. The van der Waals surface area contributed by atoms with Gasteiger partial charge >= 0.3 is 0 Å². The molecule has 20 heavy (non-hydrogen) atoms. The molecule has 1 fully saturated rings. The van der Waals surface area contributed by atoms with Crippen molar-refractivity contribution in [2.45, 2.75) is 30.6 Å². The van der Waals surface area contributed by atoms with Crippen LogP contribution >= 0.6 is 11.8 Å². The zero-order valence-electron chi connectivity index (χ0n) is 11.1. The fraction of sp³-hybridized carbons (Fsp3) is 0.333. The lowest BCUT2D eigenvalue weighted by molar-refractivity contribution is 0.543. The Balaban J connectivity index is 1.83. The molecule has 0 saturated heterocycles. The number of thioether (sulfide) groups is 1. The van der Waals surface area contributed by atoms with Gasteiger partial charge in [-0.1, -0.05) is 36.7 Å². The van der Waals surface area contributed by atoms with Gasteiger partial charge < -0.3 is 11.1 Å². The fourth-order valence-electron chi connectivity index (χ4n) is 3.48. The van der Waals surface area contributed by atoms with Gasteiger partial charge in [0.25, 0.3) is 0 Å². The highest BCUT2D eigenvalue weighted by Crippen LogP contribution is 2.53. The van der Waals surface area contributed by atoms with E-state index < -0.39 is 0 Å². The van der Waals surface area contributed by atoms with Crippen LogP contribution in [0.5, 0.6) is 0 Å². The number of fused-ring (bicyclic) bond motifs is 1. The van der Waals surface area contributed by atoms with Crippen LogP contribution in [0.4, 0.5) is 5.69 Å². The first kappa shape index (κ1) is 12.0. The zero-order chi connectivity index (χ0) is 13.7. The summed E-state index contributed by atoms with van der Waals surface area (Å²) in [5.41, 5.74) is 8.11. The predicted octanol–water partition coefficient (Wildman–Crippen LogP) is 3.32. The Bertz CT molecular complexity index is 641. The molecule has 0 bridgehead atoms. The summed E-state index contributed by atoms with van der Waals surface area (Å²) < 4.78 is 0. The van der Waals surface area contributed by atoms with Crippen LogP contribution in [-0.2, 0) is 0 Å². The molecule has 0 unspecified atom stereocenters. The van der Waals surface area contributed by atoms with E-state index in [2.05, 4.69) is 22.4 Å². The molecule has 2 heterocycles. The number of anilines is 1. The third-order valence-corrected chi connectivity index (χ3v) is 5.56. The Morgan fingerprint density at radius 1 is 1.25 bits per heavy atom. The Labute approximate surface area is 122 Å². The second kappa shape index (κ2) is 4.12. The minimum atomic E-state index is -0.186. The van der Waals surface area contributed by atoms with Crippen molar-refractivity contribution >= 4 is 29.1 Å². The van der Waals surface area contributed by atoms with Crippen LogP contribution in [-0.4, -0.2) is 11.7 Å². The number of rotatable bonds is 0. The van der Waals surface area contributed by atoms with Gasteiger partial charge in [-0.25, -0.2) is 4.99 Å². The SMILES string of the molecule is N=C1N=C(N)C2(CCCC2)/C1=C1\Nc2ccccc2S1. The summed E-state index contributed by atoms with van der Waals surface area (Å²) >= 11 is 1.70. The van der Waals surface area contributed by atoms with Crippen molar-refractivity contribution in [3.63, 3.8) is 0 Å². The summed E-state index contributed by atoms with van der Waals surface area (Å²) in [7, 11) is 0. The summed E-state index contributed by atoms with van der Waals surface area (Å²) in [6.07, 6.45) is 4.36. The topological polar surface area (TPSA) is 74.3 Å². The van der Waals surface area contributed by atoms with Gasteiger partial charge in [0, 0.05) is 10.5 Å². The number of aliphatic imine (C=N–C) groups is 1. The number of benzene rings is 1. The van der Waals surface area contributed by atoms with E-state index >= 15 is 0 Å². The number of para-hydroxylation sites is 1. The summed E-state index contributed by atoms with van der Waals surface area (Å²) in [5.74, 6) is 0.980. The summed E-state index contributed by atoms with van der Waals surface area (Å²) in [6, 6.07) is 8.23. The molecule has 4 nitrogen and oxygen atoms in total. The van der Waals surface area contributed by atoms with Gasteiger partial charge in [0.2, 0.25) is 0 Å². The molecule has 1 aliphatic carbocycles. The van der Waals surface area contributed by atoms with Crippen molar-refractivity contribution in [3.8, 4) is 0 Å². The third kappa shape index (κ3) is 1.50. The first-order valence-corrected chi connectivity index (χ1v) is 7.75. The Morgan fingerprint density at radius 3 is 2.75 bits per heavy atom. The Kier molecular flexibility index (Phi) is 2.48. The van der Waals surface area contributed by atoms with Gasteiger partial charge in [-0.05, 0) is 25.0 Å². The lowest BCUT2D eigenvalue weighted by Gasteiger charge is -2.25. The molecule has 0 atom stereocenters. The minimum absolute atomic E-state index is 0.186. The largest absolute Gasteiger partial charge is 0.386 e. The van der Waals surface area contributed by atoms with Crippen LogP contribution in [0.3, 0.4) is 0 Å². The normalized spacial score (nSPS) is 26.8. The van der Waals surface area contributed by atoms with E-state index in [1.165, 1.54) is 4.90 Å². The highest BCUT2D eigenvalue weighted by Gasteiger charge is 2.49. The van der Waals surface area contributed by atoms with Crippen molar-refractivity contribution in [2.75, 3.05) is 5.32 Å². The summed E-state index contributed by atoms with van der Waals surface area (Å²) in [6.45, 7) is 0. The number of nitrogens with zero attached hydrogens (tertiary/aromatic N) is 1. The lowest BCUT2D eigenvalue weighted by Crippen LogP contribution is -2.33. The monoisotopic (exact) mass is 284 g/mol. The first-order chi connectivity index (χ1) is 9.71. The summed E-state index contributed by atoms with van der Waals surface area (Å²) in [4.78, 5) is 5.49. The van der Waals surface area contributed by atoms with Gasteiger partial charge in [-0.3, -0.25) is 5.41 Å². The number of hydrogen-bond donors (Lipinski definition) is 3. The van der Waals surface area contributed by atoms with E-state index in [4.69, 9.17) is 11.1 Å². The number of amidine groups is 2. The quantitative estimate of drug-likeness (QED) is 0.684. The molecule has 0 aromatic heterocycles. The smallest absolute Gasteiger partial charge is 0.153 e. The van der Waals surface area contributed by atoms with Crippen LogP contribution in [0, 0.1) is 10.8 Å². The maximum absolute atomic E-state index is 8.22. The van der Waals surface area contributed by atoms with E-state index in [0.29, 0.717) is 11.7 Å². The molecule has 1 aromatic carbocycles. The summed E-state index contributed by atoms with van der Waals surface area (Å²) in [5, 5.41) is 12.7. The molecule has 5 heteroatoms. The second-order valence-electron chi connectivity index (χ2n) is 5.56. The standard InChI is InChI=1S/C15H16N4S/c16-12-11(15(14(17)19-12)7-3-4-8-15)13-18-9-5-1-2-6-10(9)20-13/h1-2,5-6,18H,3-4,7-8H2,(H3,16,17,19)/b13-11+. The Morgan fingerprint density at radius 2 is 2.00 bits per heavy atom. The van der Waals surface area contributed by atoms with E-state index in [9.17, 15) is 0 Å². The molecule has 102 valence electrons. The molecule has 4 rings (SSSR count). The molecule has 3 aliphatic rings. The van der Waals surface area contributed by atoms with Gasteiger partial charge in [0.1, 0.15) is 5.84 Å². The van der Waals surface area contributed by atoms with Gasteiger partial charge in [-0.2, -0.15) is 0 Å². The van der Waals surface area contributed by atoms with Crippen LogP contribution < -0.4 is 11.1 Å². The molecule has 0 radical (unpaired) electrons. The van der Waals surface area contributed by atoms with Crippen molar-refractivity contribution in [1.82, 2.24) is 0 Å². The average molecular weight is 284 g/mol. The molecule has 4 N–H and O–H groups in total. The number of hydrogen-bond acceptors (Lipinski definition) is 4. The molecule has 2 aliphatic heterocycles. The van der Waals surface area contributed by atoms with Gasteiger partial charge in [0.05, 0.1) is 16.1 Å². The maximum Gasteiger partial charge on any atom is 0.153 e. The zero-order valence-corrected chi connectivity index (χ0v) is 11.9. The molecule has 1 aromatic rings. The van der Waals surface area contributed by atoms with E-state index in [-0.39, 0.29) is 5.41 Å². The van der Waals surface area contributed by atoms with Crippen molar-refractivity contribution in [1.29, 1.82) is 5.41 Å². The van der Waals surface area contributed by atoms with Crippen molar-refractivity contribution < 1.29 is 0 Å². The Hall–Kier alpha value is -1.75. The number of nitrogens with one attached hydrogen (secondary N) is 2. The molecule has 0 amide bonds. The predicted molar refractivity (Wildman–Crippen MR) is 83.2 cm³/mol. The fourth-order valence-corrected chi connectivity index (χ4v) is 4.63. The minimum Gasteiger partial charge on any atom is -0.386 e. The number of nitrogens with two attached hydrogens (primary N) is 1. The van der Waals surface area contributed by atoms with Gasteiger partial charge in [0.15, 0.2) is 5.84 Å². The first-order valence-electron chi connectivity index (χ1n) is 6.93. The van der Waals surface area contributed by atoms with Crippen molar-refractivity contribution in [3.05, 3.63) is 34.9 Å². The highest BCUT2D eigenvalue weighted by atomic mass is 32.2. The van der Waals surface area contributed by atoms with E-state index in [1.807, 2.05) is 12.1 Å². The van der Waals surface area contributed by atoms with Crippen LogP contribution in [0.1, 0.15) is 25.7 Å². The lowest BCUT2D eigenvalue weighted by atomic mass is 9.79. The molecular weight excluding hydrogens is 268 g/mol. The van der Waals surface area contributed by atoms with Crippen LogP contribution in [0.2, 0.25) is 0 Å². The second-order valence-corrected chi connectivity index (χ2v) is 6.61. The average Bonchev–Trinajstić information content (AvgIpc) is 3.10.